The van der Waals surface area contributed by atoms with Gasteiger partial charge in [0.2, 0.25) is 12.1 Å². The number of carbonyl (C=O) groups excluding carboxylic acids is 1. The predicted octanol–water partition coefficient (Wildman–Crippen LogP) is -5.50. The van der Waals surface area contributed by atoms with Crippen molar-refractivity contribution >= 4 is 5.97 Å². The number of carbonyl (C=O) groups is 1. The van der Waals surface area contributed by atoms with Gasteiger partial charge in [0, 0.05) is 0 Å². The summed E-state index contributed by atoms with van der Waals surface area (Å²) < 4.78 is 21.0. The third kappa shape index (κ3) is 4.29. The normalized spacial score (nSPS) is 45.0. The van der Waals surface area contributed by atoms with Gasteiger partial charge in [-0.2, -0.15) is 0 Å². The molecule has 0 bridgehead atoms. The zero-order valence-electron chi connectivity index (χ0n) is 15.1. The van der Waals surface area contributed by atoms with Crippen LogP contribution >= 0.6 is 0 Å². The van der Waals surface area contributed by atoms with Crippen LogP contribution in [0.5, 0.6) is 0 Å². The molecule has 2 aliphatic rings. The van der Waals surface area contributed by atoms with E-state index in [1.807, 2.05) is 0 Å². The van der Waals surface area contributed by atoms with Gasteiger partial charge in [0.05, 0.1) is 13.2 Å². The number of rotatable bonds is 7. The topological polar surface area (TPSA) is 222 Å². The highest BCUT2D eigenvalue weighted by Gasteiger charge is 2.59. The largest absolute Gasteiger partial charge is 0.453 e. The lowest BCUT2D eigenvalue weighted by molar-refractivity contribution is -0.384. The maximum absolute atomic E-state index is 11.9. The highest BCUT2D eigenvalue weighted by Crippen LogP contribution is 2.36. The summed E-state index contributed by atoms with van der Waals surface area (Å²) in [5, 5.41) is 68.7. The molecule has 2 saturated heterocycles. The van der Waals surface area contributed by atoms with Crippen molar-refractivity contribution in [2.45, 2.75) is 67.8 Å². The van der Waals surface area contributed by atoms with E-state index in [4.69, 9.17) is 24.7 Å². The highest BCUT2D eigenvalue weighted by atomic mass is 16.8. The molecular formula is C15H27NO12. The average Bonchev–Trinajstić information content (AvgIpc) is 2.92. The SMILES string of the molecule is C[C@H](N)C(=O)O[C@H]1[C@@H](O[C@]2(CO)O[C@H](CO)[C@@H](O)[C@@H]2O)O[C@H](CO)[C@@H](O)[C@@H]1O. The van der Waals surface area contributed by atoms with Crippen LogP contribution in [0.4, 0.5) is 0 Å². The van der Waals surface area contributed by atoms with Gasteiger partial charge in [-0.05, 0) is 6.92 Å². The first kappa shape index (κ1) is 23.3. The molecule has 0 amide bonds. The van der Waals surface area contributed by atoms with Crippen LogP contribution in [0.1, 0.15) is 6.92 Å². The summed E-state index contributed by atoms with van der Waals surface area (Å²) in [6, 6.07) is -1.10. The van der Waals surface area contributed by atoms with Gasteiger partial charge in [0.25, 0.3) is 0 Å². The Bertz CT molecular complexity index is 535. The van der Waals surface area contributed by atoms with Gasteiger partial charge >= 0.3 is 5.97 Å². The van der Waals surface area contributed by atoms with Crippen molar-refractivity contribution in [2.24, 2.45) is 5.73 Å². The average molecular weight is 413 g/mol. The fourth-order valence-corrected chi connectivity index (χ4v) is 2.98. The number of aliphatic hydroxyl groups excluding tert-OH is 7. The van der Waals surface area contributed by atoms with Crippen molar-refractivity contribution in [3.05, 3.63) is 0 Å². The molecule has 9 N–H and O–H groups in total. The number of hydrogen-bond donors (Lipinski definition) is 8. The first-order valence-corrected chi connectivity index (χ1v) is 8.63. The van der Waals surface area contributed by atoms with E-state index in [9.17, 15) is 40.5 Å². The Kier molecular flexibility index (Phi) is 7.69. The van der Waals surface area contributed by atoms with Crippen molar-refractivity contribution in [1.82, 2.24) is 0 Å². The molecular weight excluding hydrogens is 386 g/mol. The maximum Gasteiger partial charge on any atom is 0.323 e. The van der Waals surface area contributed by atoms with Gasteiger partial charge < -0.3 is 60.4 Å². The summed E-state index contributed by atoms with van der Waals surface area (Å²) in [5.41, 5.74) is 5.42. The molecule has 2 fully saturated rings. The number of ether oxygens (including phenoxy) is 4. The van der Waals surface area contributed by atoms with E-state index < -0.39 is 86.6 Å². The van der Waals surface area contributed by atoms with Crippen molar-refractivity contribution < 1.29 is 59.5 Å². The molecule has 164 valence electrons. The molecule has 0 radical (unpaired) electrons. The monoisotopic (exact) mass is 413 g/mol. The molecule has 2 aliphatic heterocycles. The van der Waals surface area contributed by atoms with E-state index in [0.717, 1.165) is 0 Å². The van der Waals surface area contributed by atoms with Crippen LogP contribution in [-0.2, 0) is 23.7 Å². The van der Waals surface area contributed by atoms with E-state index >= 15 is 0 Å². The number of esters is 1. The van der Waals surface area contributed by atoms with Crippen molar-refractivity contribution in [3.8, 4) is 0 Å². The van der Waals surface area contributed by atoms with Gasteiger partial charge in [-0.25, -0.2) is 0 Å². The van der Waals surface area contributed by atoms with E-state index in [2.05, 4.69) is 0 Å². The molecule has 0 saturated carbocycles. The molecule has 0 aromatic heterocycles. The van der Waals surface area contributed by atoms with Crippen LogP contribution in [0, 0.1) is 0 Å². The second-order valence-electron chi connectivity index (χ2n) is 6.76. The van der Waals surface area contributed by atoms with Gasteiger partial charge in [-0.3, -0.25) is 4.79 Å². The Morgan fingerprint density at radius 2 is 1.68 bits per heavy atom. The quantitative estimate of drug-likeness (QED) is 0.183. The summed E-state index contributed by atoms with van der Waals surface area (Å²) in [5.74, 6) is -3.28. The zero-order valence-corrected chi connectivity index (χ0v) is 15.1. The lowest BCUT2D eigenvalue weighted by Crippen LogP contribution is -2.64. The lowest BCUT2D eigenvalue weighted by atomic mass is 9.98. The van der Waals surface area contributed by atoms with Crippen LogP contribution in [0.15, 0.2) is 0 Å². The smallest absolute Gasteiger partial charge is 0.323 e. The Labute approximate surface area is 159 Å². The Morgan fingerprint density at radius 3 is 2.14 bits per heavy atom. The maximum atomic E-state index is 11.9. The summed E-state index contributed by atoms with van der Waals surface area (Å²) in [7, 11) is 0. The number of hydrogen-bond acceptors (Lipinski definition) is 13. The van der Waals surface area contributed by atoms with Crippen molar-refractivity contribution in [2.75, 3.05) is 19.8 Å². The van der Waals surface area contributed by atoms with Gasteiger partial charge in [-0.15, -0.1) is 0 Å². The van der Waals surface area contributed by atoms with Crippen molar-refractivity contribution in [1.29, 1.82) is 0 Å². The molecule has 0 aromatic rings. The minimum Gasteiger partial charge on any atom is -0.453 e. The van der Waals surface area contributed by atoms with E-state index in [-0.39, 0.29) is 0 Å². The standard InChI is InChI=1S/C15H27NO12/c1-5(16)13(24)26-11-10(22)8(20)6(2-17)25-14(11)28-15(4-19)12(23)9(21)7(3-18)27-15/h5-12,14,17-23H,2-4,16H2,1H3/t5-,6+,7+,8+,9+,10-,11+,12-,14+,15-/m0/s1. The van der Waals surface area contributed by atoms with Gasteiger partial charge in [0.15, 0.2) is 6.10 Å². The Hall–Kier alpha value is -0.970. The first-order chi connectivity index (χ1) is 13.1. The van der Waals surface area contributed by atoms with Crippen LogP contribution in [0.3, 0.4) is 0 Å². The summed E-state index contributed by atoms with van der Waals surface area (Å²) >= 11 is 0. The van der Waals surface area contributed by atoms with Gasteiger partial charge in [-0.1, -0.05) is 0 Å². The molecule has 0 aromatic carbocycles. The first-order valence-electron chi connectivity index (χ1n) is 8.63. The summed E-state index contributed by atoms with van der Waals surface area (Å²) in [4.78, 5) is 11.9. The molecule has 0 spiro atoms. The Morgan fingerprint density at radius 1 is 1.07 bits per heavy atom. The summed E-state index contributed by atoms with van der Waals surface area (Å²) in [6.45, 7) is -1.16. The fourth-order valence-electron chi connectivity index (χ4n) is 2.98. The zero-order chi connectivity index (χ0) is 21.2. The second kappa shape index (κ2) is 9.23. The highest BCUT2D eigenvalue weighted by molar-refractivity contribution is 5.75. The van der Waals surface area contributed by atoms with Crippen LogP contribution in [0.2, 0.25) is 0 Å². The molecule has 2 rings (SSSR count). The fraction of sp³-hybridized carbons (Fsp3) is 0.933. The molecule has 28 heavy (non-hydrogen) atoms. The number of aliphatic hydroxyl groups is 7. The minimum absolute atomic E-state index is 0.710. The van der Waals surface area contributed by atoms with E-state index in [1.165, 1.54) is 6.92 Å². The third-order valence-corrected chi connectivity index (χ3v) is 4.67. The van der Waals surface area contributed by atoms with E-state index in [0.29, 0.717) is 0 Å². The molecule has 0 aliphatic carbocycles. The molecule has 0 unspecified atom stereocenters. The molecule has 13 nitrogen and oxygen atoms in total. The second-order valence-corrected chi connectivity index (χ2v) is 6.76. The predicted molar refractivity (Wildman–Crippen MR) is 86.2 cm³/mol. The Balaban J connectivity index is 2.30. The minimum atomic E-state index is -2.31. The van der Waals surface area contributed by atoms with Crippen LogP contribution in [0.25, 0.3) is 0 Å². The van der Waals surface area contributed by atoms with E-state index in [1.54, 1.807) is 0 Å². The van der Waals surface area contributed by atoms with Crippen LogP contribution < -0.4 is 5.73 Å². The molecule has 2 heterocycles. The van der Waals surface area contributed by atoms with Crippen LogP contribution in [-0.4, -0.2) is 122 Å². The summed E-state index contributed by atoms with van der Waals surface area (Å²) in [6.07, 6.45) is -13.0. The molecule has 10 atom stereocenters. The third-order valence-electron chi connectivity index (χ3n) is 4.67. The molecule has 13 heteroatoms. The number of nitrogens with two attached hydrogens (primary N) is 1. The lowest BCUT2D eigenvalue weighted by Gasteiger charge is -2.44. The van der Waals surface area contributed by atoms with Gasteiger partial charge in [0.1, 0.15) is 49.3 Å². The van der Waals surface area contributed by atoms with Crippen molar-refractivity contribution in [3.63, 3.8) is 0 Å².